The summed E-state index contributed by atoms with van der Waals surface area (Å²) in [4.78, 5) is 41.2. The Morgan fingerprint density at radius 3 is 1.96 bits per heavy atom. The highest BCUT2D eigenvalue weighted by Gasteiger charge is 2.24. The van der Waals surface area contributed by atoms with Crippen molar-refractivity contribution in [1.29, 1.82) is 0 Å². The van der Waals surface area contributed by atoms with E-state index in [0.29, 0.717) is 32.7 Å². The first-order valence-electron chi connectivity index (χ1n) is 8.69. The third kappa shape index (κ3) is 4.59. The quantitative estimate of drug-likeness (QED) is 0.835. The Kier molecular flexibility index (Phi) is 6.17. The maximum absolute atomic E-state index is 12.5. The molecule has 0 radical (unpaired) electrons. The van der Waals surface area contributed by atoms with E-state index in [4.69, 9.17) is 0 Å². The van der Waals surface area contributed by atoms with Gasteiger partial charge in [0.25, 0.3) is 0 Å². The number of amides is 3. The zero-order valence-corrected chi connectivity index (χ0v) is 15.5. The Bertz CT molecular complexity index is 644. The monoisotopic (exact) mass is 345 g/mol. The van der Waals surface area contributed by atoms with Crippen molar-refractivity contribution in [2.75, 3.05) is 37.6 Å². The van der Waals surface area contributed by atoms with Crippen molar-refractivity contribution in [3.63, 3.8) is 0 Å². The van der Waals surface area contributed by atoms with Crippen molar-refractivity contribution in [2.24, 2.45) is 0 Å². The van der Waals surface area contributed by atoms with Gasteiger partial charge in [-0.1, -0.05) is 18.2 Å². The summed E-state index contributed by atoms with van der Waals surface area (Å²) in [5.74, 6) is 0.0113. The van der Waals surface area contributed by atoms with Gasteiger partial charge in [0, 0.05) is 58.7 Å². The second-order valence-electron chi connectivity index (χ2n) is 6.55. The highest BCUT2D eigenvalue weighted by molar-refractivity contribution is 5.94. The fourth-order valence-electron chi connectivity index (χ4n) is 3.29. The van der Waals surface area contributed by atoms with E-state index in [9.17, 15) is 14.4 Å². The Labute approximate surface area is 149 Å². The molecule has 1 aliphatic rings. The van der Waals surface area contributed by atoms with Crippen LogP contribution in [0.1, 0.15) is 31.4 Å². The summed E-state index contributed by atoms with van der Waals surface area (Å²) in [6.45, 7) is 9.66. The zero-order valence-electron chi connectivity index (χ0n) is 15.5. The van der Waals surface area contributed by atoms with Crippen molar-refractivity contribution < 1.29 is 14.4 Å². The molecule has 0 aliphatic carbocycles. The fourth-order valence-corrected chi connectivity index (χ4v) is 3.29. The number of aryl methyl sites for hydroxylation is 2. The molecule has 0 spiro atoms. The van der Waals surface area contributed by atoms with Crippen molar-refractivity contribution in [3.8, 4) is 0 Å². The number of hydrogen-bond acceptors (Lipinski definition) is 3. The largest absolute Gasteiger partial charge is 0.339 e. The molecule has 1 aromatic rings. The number of nitrogens with zero attached hydrogens (tertiary/aromatic N) is 3. The fraction of sp³-hybridized carbons (Fsp3) is 0.526. The normalized spacial score (nSPS) is 14.4. The van der Waals surface area contributed by atoms with Crippen LogP contribution in [0.4, 0.5) is 5.69 Å². The summed E-state index contributed by atoms with van der Waals surface area (Å²) in [5.41, 5.74) is 2.94. The van der Waals surface area contributed by atoms with E-state index in [-0.39, 0.29) is 24.1 Å². The molecule has 25 heavy (non-hydrogen) atoms. The van der Waals surface area contributed by atoms with Crippen LogP contribution in [0.25, 0.3) is 0 Å². The zero-order chi connectivity index (χ0) is 18.6. The smallest absolute Gasteiger partial charge is 0.224 e. The highest BCUT2D eigenvalue weighted by Crippen LogP contribution is 2.25. The molecule has 0 unspecified atom stereocenters. The maximum Gasteiger partial charge on any atom is 0.224 e. The van der Waals surface area contributed by atoms with Gasteiger partial charge in [-0.15, -0.1) is 0 Å². The van der Waals surface area contributed by atoms with Crippen LogP contribution >= 0.6 is 0 Å². The Morgan fingerprint density at radius 2 is 1.48 bits per heavy atom. The van der Waals surface area contributed by atoms with Crippen LogP contribution in [0.2, 0.25) is 0 Å². The molecule has 0 N–H and O–H groups in total. The van der Waals surface area contributed by atoms with Gasteiger partial charge in [-0.3, -0.25) is 14.4 Å². The molecule has 6 nitrogen and oxygen atoms in total. The van der Waals surface area contributed by atoms with Crippen molar-refractivity contribution in [1.82, 2.24) is 9.80 Å². The number of carbonyl (C=O) groups excluding carboxylic acids is 3. The number of rotatable bonds is 4. The Morgan fingerprint density at radius 1 is 0.960 bits per heavy atom. The molecule has 6 heteroatoms. The van der Waals surface area contributed by atoms with Crippen molar-refractivity contribution in [2.45, 2.75) is 34.1 Å². The summed E-state index contributed by atoms with van der Waals surface area (Å²) in [6, 6.07) is 5.91. The van der Waals surface area contributed by atoms with Crippen LogP contribution in [0, 0.1) is 13.8 Å². The molecule has 3 amide bonds. The number of anilines is 1. The summed E-state index contributed by atoms with van der Waals surface area (Å²) < 4.78 is 0. The molecule has 0 atom stereocenters. The molecule has 1 saturated heterocycles. The molecule has 1 aromatic carbocycles. The van der Waals surface area contributed by atoms with Gasteiger partial charge in [-0.2, -0.15) is 0 Å². The van der Waals surface area contributed by atoms with E-state index < -0.39 is 0 Å². The second kappa shape index (κ2) is 8.14. The van der Waals surface area contributed by atoms with Crippen molar-refractivity contribution in [3.05, 3.63) is 29.3 Å². The third-order valence-corrected chi connectivity index (χ3v) is 4.72. The molecule has 0 saturated carbocycles. The SMILES string of the molecule is CC(=O)N1CCN(C(=O)CCN(C(C)=O)c2c(C)cccc2C)CC1. The average molecular weight is 345 g/mol. The molecule has 1 aliphatic heterocycles. The minimum absolute atomic E-state index is 0.0284. The van der Waals surface area contributed by atoms with Gasteiger partial charge in [0.05, 0.1) is 0 Å². The Balaban J connectivity index is 1.99. The Hall–Kier alpha value is -2.37. The number of hydrogen-bond donors (Lipinski definition) is 0. The molecule has 136 valence electrons. The predicted molar refractivity (Wildman–Crippen MR) is 97.4 cm³/mol. The minimum atomic E-state index is -0.0633. The van der Waals surface area contributed by atoms with E-state index in [1.54, 1.807) is 21.6 Å². The van der Waals surface area contributed by atoms with E-state index in [2.05, 4.69) is 0 Å². The van der Waals surface area contributed by atoms with Gasteiger partial charge in [0.1, 0.15) is 0 Å². The second-order valence-corrected chi connectivity index (χ2v) is 6.55. The maximum atomic E-state index is 12.5. The lowest BCUT2D eigenvalue weighted by Gasteiger charge is -2.34. The lowest BCUT2D eigenvalue weighted by molar-refractivity contribution is -0.138. The summed E-state index contributed by atoms with van der Waals surface area (Å²) >= 11 is 0. The summed E-state index contributed by atoms with van der Waals surface area (Å²) in [6.07, 6.45) is 0.285. The molecular formula is C19H27N3O3. The summed E-state index contributed by atoms with van der Waals surface area (Å²) in [5, 5.41) is 0. The van der Waals surface area contributed by atoms with Crippen LogP contribution in [-0.2, 0) is 14.4 Å². The van der Waals surface area contributed by atoms with E-state index in [1.165, 1.54) is 6.92 Å². The lowest BCUT2D eigenvalue weighted by atomic mass is 10.1. The van der Waals surface area contributed by atoms with E-state index >= 15 is 0 Å². The van der Waals surface area contributed by atoms with E-state index in [0.717, 1.165) is 16.8 Å². The van der Waals surface area contributed by atoms with Gasteiger partial charge in [-0.25, -0.2) is 0 Å². The molecular weight excluding hydrogens is 318 g/mol. The number of para-hydroxylation sites is 1. The lowest BCUT2D eigenvalue weighted by Crippen LogP contribution is -2.50. The first-order valence-corrected chi connectivity index (χ1v) is 8.69. The first kappa shape index (κ1) is 19.0. The number of benzene rings is 1. The van der Waals surface area contributed by atoms with Gasteiger partial charge in [-0.05, 0) is 25.0 Å². The number of piperazine rings is 1. The molecule has 1 heterocycles. The van der Waals surface area contributed by atoms with Gasteiger partial charge in [0.2, 0.25) is 17.7 Å². The van der Waals surface area contributed by atoms with Gasteiger partial charge in [0.15, 0.2) is 0 Å². The topological polar surface area (TPSA) is 60.9 Å². The summed E-state index contributed by atoms with van der Waals surface area (Å²) in [7, 11) is 0. The highest BCUT2D eigenvalue weighted by atomic mass is 16.2. The van der Waals surface area contributed by atoms with Crippen LogP contribution in [0.5, 0.6) is 0 Å². The van der Waals surface area contributed by atoms with Crippen LogP contribution in [-0.4, -0.2) is 60.2 Å². The van der Waals surface area contributed by atoms with Gasteiger partial charge < -0.3 is 14.7 Å². The van der Waals surface area contributed by atoms with Crippen LogP contribution in [0.15, 0.2) is 18.2 Å². The number of carbonyl (C=O) groups is 3. The van der Waals surface area contributed by atoms with Gasteiger partial charge >= 0.3 is 0 Å². The molecule has 0 aromatic heterocycles. The first-order chi connectivity index (χ1) is 11.8. The minimum Gasteiger partial charge on any atom is -0.339 e. The molecule has 0 bridgehead atoms. The third-order valence-electron chi connectivity index (χ3n) is 4.72. The molecule has 1 fully saturated rings. The average Bonchev–Trinajstić information content (AvgIpc) is 2.56. The standard InChI is InChI=1S/C19H27N3O3/c1-14-6-5-7-15(2)19(14)22(17(4)24)9-8-18(25)21-12-10-20(11-13-21)16(3)23/h5-7H,8-13H2,1-4H3. The van der Waals surface area contributed by atoms with Crippen LogP contribution in [0.3, 0.4) is 0 Å². The van der Waals surface area contributed by atoms with Crippen molar-refractivity contribution >= 4 is 23.4 Å². The van der Waals surface area contributed by atoms with Crippen LogP contribution < -0.4 is 4.90 Å². The van der Waals surface area contributed by atoms with E-state index in [1.807, 2.05) is 32.0 Å². The molecule has 2 rings (SSSR count). The predicted octanol–water partition coefficient (Wildman–Crippen LogP) is 1.74.